The topological polar surface area (TPSA) is 27.7 Å². The Kier molecular flexibility index (Phi) is 9.29. The molecule has 28 heavy (non-hydrogen) atoms. The fourth-order valence-electron chi connectivity index (χ4n) is 4.31. The molecule has 0 bridgehead atoms. The van der Waals surface area contributed by atoms with Crippen molar-refractivity contribution in [3.63, 3.8) is 0 Å². The minimum atomic E-state index is -0.0674. The molecule has 166 valence electrons. The lowest BCUT2D eigenvalue weighted by molar-refractivity contribution is -0.116. The van der Waals surface area contributed by atoms with Crippen molar-refractivity contribution in [2.24, 2.45) is 23.7 Å². The molecular formula is C25H48O3. The van der Waals surface area contributed by atoms with Crippen molar-refractivity contribution in [3.8, 4) is 0 Å². The molecule has 3 nitrogen and oxygen atoms in total. The highest BCUT2D eigenvalue weighted by molar-refractivity contribution is 4.83. The van der Waals surface area contributed by atoms with E-state index in [1.54, 1.807) is 0 Å². The highest BCUT2D eigenvalue weighted by Crippen LogP contribution is 2.37. The van der Waals surface area contributed by atoms with Crippen LogP contribution in [0.25, 0.3) is 0 Å². The van der Waals surface area contributed by atoms with Crippen molar-refractivity contribution in [1.82, 2.24) is 0 Å². The molecule has 0 aromatic carbocycles. The highest BCUT2D eigenvalue weighted by Gasteiger charge is 2.32. The number of hydrogen-bond donors (Lipinski definition) is 0. The minimum Gasteiger partial charge on any atom is -0.376 e. The first-order valence-corrected chi connectivity index (χ1v) is 12.0. The number of hydrogen-bond acceptors (Lipinski definition) is 3. The molecule has 2 rings (SSSR count). The molecule has 1 saturated carbocycles. The molecule has 0 aromatic rings. The second-order valence-corrected chi connectivity index (χ2v) is 11.0. The van der Waals surface area contributed by atoms with Gasteiger partial charge in [-0.05, 0) is 89.9 Å². The first kappa shape index (κ1) is 24.2. The van der Waals surface area contributed by atoms with Crippen LogP contribution in [0.2, 0.25) is 0 Å². The monoisotopic (exact) mass is 396 g/mol. The van der Waals surface area contributed by atoms with Gasteiger partial charge in [-0.15, -0.1) is 0 Å². The predicted molar refractivity (Wildman–Crippen MR) is 118 cm³/mol. The normalized spacial score (nSPS) is 28.5. The Morgan fingerprint density at radius 3 is 1.96 bits per heavy atom. The molecule has 2 atom stereocenters. The van der Waals surface area contributed by atoms with E-state index < -0.39 is 0 Å². The average Bonchev–Trinajstić information content (AvgIpc) is 2.66. The Hall–Kier alpha value is -0.120. The largest absolute Gasteiger partial charge is 0.376 e. The van der Waals surface area contributed by atoms with Crippen molar-refractivity contribution in [3.05, 3.63) is 0 Å². The molecule has 2 fully saturated rings. The molecule has 1 saturated heterocycles. The van der Waals surface area contributed by atoms with E-state index in [9.17, 15) is 0 Å². The first-order valence-electron chi connectivity index (χ1n) is 12.0. The van der Waals surface area contributed by atoms with Gasteiger partial charge in [-0.25, -0.2) is 0 Å². The van der Waals surface area contributed by atoms with Gasteiger partial charge in [0.2, 0.25) is 0 Å². The van der Waals surface area contributed by atoms with E-state index in [4.69, 9.17) is 14.2 Å². The van der Waals surface area contributed by atoms with Gasteiger partial charge in [-0.1, -0.05) is 33.6 Å². The van der Waals surface area contributed by atoms with Crippen LogP contribution >= 0.6 is 0 Å². The molecular weight excluding hydrogens is 348 g/mol. The second kappa shape index (κ2) is 10.8. The Bertz CT molecular complexity index is 429. The standard InChI is InChI=1S/C25H48O3/c1-19(2)24(4,5)27-17-22-13-11-21(12-14-22)16-20(3)25(6,7)28-18-23-10-8-9-15-26-23/h19-23H,8-18H2,1-7H3. The van der Waals surface area contributed by atoms with Crippen LogP contribution in [0, 0.1) is 23.7 Å². The maximum absolute atomic E-state index is 6.35. The van der Waals surface area contributed by atoms with Crippen molar-refractivity contribution in [2.45, 2.75) is 117 Å². The fourth-order valence-corrected chi connectivity index (χ4v) is 4.31. The van der Waals surface area contributed by atoms with Crippen molar-refractivity contribution in [1.29, 1.82) is 0 Å². The quantitative estimate of drug-likeness (QED) is 0.414. The molecule has 1 aliphatic carbocycles. The van der Waals surface area contributed by atoms with E-state index in [-0.39, 0.29) is 11.2 Å². The Morgan fingerprint density at radius 2 is 1.39 bits per heavy atom. The lowest BCUT2D eigenvalue weighted by Crippen LogP contribution is -2.38. The molecule has 2 aliphatic rings. The smallest absolute Gasteiger partial charge is 0.0808 e. The Balaban J connectivity index is 1.68. The molecule has 3 heteroatoms. The summed E-state index contributed by atoms with van der Waals surface area (Å²) in [5.41, 5.74) is -0.0726. The van der Waals surface area contributed by atoms with Gasteiger partial charge in [0.15, 0.2) is 0 Å². The molecule has 1 aliphatic heterocycles. The van der Waals surface area contributed by atoms with Gasteiger partial charge in [-0.3, -0.25) is 0 Å². The zero-order valence-electron chi connectivity index (χ0n) is 19.9. The molecule has 0 amide bonds. The second-order valence-electron chi connectivity index (χ2n) is 11.0. The van der Waals surface area contributed by atoms with Gasteiger partial charge >= 0.3 is 0 Å². The third-order valence-electron chi connectivity index (χ3n) is 7.84. The maximum Gasteiger partial charge on any atom is 0.0808 e. The van der Waals surface area contributed by atoms with Crippen LogP contribution in [0.3, 0.4) is 0 Å². The number of rotatable bonds is 10. The van der Waals surface area contributed by atoms with Crippen LogP contribution in [0.4, 0.5) is 0 Å². The molecule has 2 unspecified atom stereocenters. The van der Waals surface area contributed by atoms with E-state index in [0.717, 1.165) is 38.1 Å². The Labute approximate surface area is 175 Å². The summed E-state index contributed by atoms with van der Waals surface area (Å²) in [5.74, 6) is 2.73. The van der Waals surface area contributed by atoms with E-state index in [1.165, 1.54) is 44.9 Å². The summed E-state index contributed by atoms with van der Waals surface area (Å²) in [5, 5.41) is 0. The van der Waals surface area contributed by atoms with Crippen LogP contribution < -0.4 is 0 Å². The molecule has 0 aromatic heterocycles. The van der Waals surface area contributed by atoms with Crippen LogP contribution in [0.15, 0.2) is 0 Å². The molecule has 0 N–H and O–H groups in total. The summed E-state index contributed by atoms with van der Waals surface area (Å²) in [6.07, 6.45) is 10.6. The van der Waals surface area contributed by atoms with Gasteiger partial charge in [0.25, 0.3) is 0 Å². The third-order valence-corrected chi connectivity index (χ3v) is 7.84. The first-order chi connectivity index (χ1) is 13.1. The van der Waals surface area contributed by atoms with Crippen LogP contribution in [-0.4, -0.2) is 37.1 Å². The zero-order chi connectivity index (χ0) is 20.8. The summed E-state index contributed by atoms with van der Waals surface area (Å²) in [4.78, 5) is 0. The maximum atomic E-state index is 6.35. The molecule has 1 heterocycles. The SMILES string of the molecule is CC(C)C(C)(C)OCC1CCC(CC(C)C(C)(C)OCC2CCCCO2)CC1. The van der Waals surface area contributed by atoms with Crippen LogP contribution in [-0.2, 0) is 14.2 Å². The molecule has 0 radical (unpaired) electrons. The van der Waals surface area contributed by atoms with Gasteiger partial charge < -0.3 is 14.2 Å². The number of ether oxygens (including phenoxy) is 3. The van der Waals surface area contributed by atoms with Crippen molar-refractivity contribution >= 4 is 0 Å². The van der Waals surface area contributed by atoms with Crippen LogP contribution in [0.1, 0.15) is 99.8 Å². The summed E-state index contributed by atoms with van der Waals surface area (Å²) in [6.45, 7) is 18.5. The van der Waals surface area contributed by atoms with Gasteiger partial charge in [0, 0.05) is 6.61 Å². The average molecular weight is 397 g/mol. The van der Waals surface area contributed by atoms with Gasteiger partial charge in [-0.2, -0.15) is 0 Å². The molecule has 0 spiro atoms. The van der Waals surface area contributed by atoms with E-state index in [1.807, 2.05) is 0 Å². The van der Waals surface area contributed by atoms with E-state index >= 15 is 0 Å². The van der Waals surface area contributed by atoms with Crippen molar-refractivity contribution < 1.29 is 14.2 Å². The predicted octanol–water partition coefficient (Wildman–Crippen LogP) is 6.63. The summed E-state index contributed by atoms with van der Waals surface area (Å²) in [7, 11) is 0. The highest BCUT2D eigenvalue weighted by atomic mass is 16.5. The fraction of sp³-hybridized carbons (Fsp3) is 1.00. The lowest BCUT2D eigenvalue weighted by atomic mass is 9.75. The van der Waals surface area contributed by atoms with E-state index in [0.29, 0.717) is 17.9 Å². The minimum absolute atomic E-state index is 0.00519. The van der Waals surface area contributed by atoms with Gasteiger partial charge in [0.1, 0.15) is 0 Å². The summed E-state index contributed by atoms with van der Waals surface area (Å²) < 4.78 is 18.4. The van der Waals surface area contributed by atoms with Crippen LogP contribution in [0.5, 0.6) is 0 Å². The van der Waals surface area contributed by atoms with Gasteiger partial charge in [0.05, 0.1) is 30.5 Å². The Morgan fingerprint density at radius 1 is 0.786 bits per heavy atom. The third kappa shape index (κ3) is 7.61. The lowest BCUT2D eigenvalue weighted by Gasteiger charge is -2.38. The van der Waals surface area contributed by atoms with Crippen molar-refractivity contribution in [2.75, 3.05) is 19.8 Å². The summed E-state index contributed by atoms with van der Waals surface area (Å²) in [6, 6.07) is 0. The zero-order valence-corrected chi connectivity index (χ0v) is 19.9. The summed E-state index contributed by atoms with van der Waals surface area (Å²) >= 11 is 0. The van der Waals surface area contributed by atoms with E-state index in [2.05, 4.69) is 48.5 Å².